The Kier molecular flexibility index (Phi) is 38.8. The Morgan fingerprint density at radius 2 is 0.814 bits per heavy atom. The van der Waals surface area contributed by atoms with Gasteiger partial charge in [-0.05, 0) is 64.2 Å². The molecule has 0 amide bonds. The topological polar surface area (TPSA) is 231 Å². The molecule has 7 N–H and O–H groups in total. The van der Waals surface area contributed by atoms with E-state index in [9.17, 15) is 45.3 Å². The fourth-order valence-electron chi connectivity index (χ4n) is 8.80. The third-order valence-electron chi connectivity index (χ3n) is 13.4. The SMILES string of the molecule is CCCCCCCCC=CCCCCCCCCCC(=O)OCC(COC1OC(COC2OC(CO)C(O)C(O)C2O)C(O)C(O)C1O)OC(=O)CCCCCCCCCC=CCCCCCCCC. The van der Waals surface area contributed by atoms with Gasteiger partial charge in [0.25, 0.3) is 0 Å². The summed E-state index contributed by atoms with van der Waals surface area (Å²) in [5.41, 5.74) is 0. The van der Waals surface area contributed by atoms with Crippen LogP contribution in [0.2, 0.25) is 0 Å². The molecule has 0 aromatic rings. The predicted molar refractivity (Wildman–Crippen MR) is 271 cm³/mol. The highest BCUT2D eigenvalue weighted by Gasteiger charge is 2.47. The summed E-state index contributed by atoms with van der Waals surface area (Å²) < 4.78 is 33.7. The molecule has 410 valence electrons. The van der Waals surface area contributed by atoms with Gasteiger partial charge in [-0.2, -0.15) is 0 Å². The molecule has 15 nitrogen and oxygen atoms in total. The Balaban J connectivity index is 1.78. The maximum Gasteiger partial charge on any atom is 0.306 e. The summed E-state index contributed by atoms with van der Waals surface area (Å²) in [6.45, 7) is 2.60. The molecule has 0 radical (unpaired) electrons. The summed E-state index contributed by atoms with van der Waals surface area (Å²) in [4.78, 5) is 25.8. The molecule has 2 fully saturated rings. The molecule has 0 bridgehead atoms. The van der Waals surface area contributed by atoms with Crippen molar-refractivity contribution in [2.24, 2.45) is 0 Å². The molecule has 0 aliphatic carbocycles. The van der Waals surface area contributed by atoms with Crippen LogP contribution in [-0.2, 0) is 38.0 Å². The zero-order chi connectivity index (χ0) is 51.0. The van der Waals surface area contributed by atoms with Gasteiger partial charge in [-0.1, -0.05) is 167 Å². The molecule has 2 heterocycles. The fraction of sp³-hybridized carbons (Fsp3) is 0.891. The average molecular weight is 1000 g/mol. The van der Waals surface area contributed by atoms with Gasteiger partial charge in [0.15, 0.2) is 18.7 Å². The van der Waals surface area contributed by atoms with Gasteiger partial charge in [0.05, 0.1) is 19.8 Å². The Morgan fingerprint density at radius 1 is 0.443 bits per heavy atom. The number of carbonyl (C=O) groups excluding carboxylic acids is 2. The van der Waals surface area contributed by atoms with Crippen LogP contribution in [0.5, 0.6) is 0 Å². The molecule has 70 heavy (non-hydrogen) atoms. The smallest absolute Gasteiger partial charge is 0.306 e. The Morgan fingerprint density at radius 3 is 1.26 bits per heavy atom. The summed E-state index contributed by atoms with van der Waals surface area (Å²) in [6.07, 6.45) is 27.6. The highest BCUT2D eigenvalue weighted by Crippen LogP contribution is 2.27. The van der Waals surface area contributed by atoms with Crippen molar-refractivity contribution in [1.82, 2.24) is 0 Å². The number of unbranched alkanes of at least 4 members (excludes halogenated alkanes) is 26. The maximum atomic E-state index is 13.0. The molecule has 2 aliphatic heterocycles. The number of aliphatic hydroxyl groups is 7. The predicted octanol–water partition coefficient (Wildman–Crippen LogP) is 8.72. The second kappa shape index (κ2) is 42.3. The third kappa shape index (κ3) is 29.6. The summed E-state index contributed by atoms with van der Waals surface area (Å²) in [5.74, 6) is -0.927. The number of carbonyl (C=O) groups is 2. The van der Waals surface area contributed by atoms with E-state index in [0.717, 1.165) is 57.8 Å². The fourth-order valence-corrected chi connectivity index (χ4v) is 8.80. The summed E-state index contributed by atoms with van der Waals surface area (Å²) in [5, 5.41) is 72.2. The molecule has 11 unspecified atom stereocenters. The van der Waals surface area contributed by atoms with Gasteiger partial charge in [0, 0.05) is 12.8 Å². The number of ether oxygens (including phenoxy) is 6. The second-order valence-corrected chi connectivity index (χ2v) is 19.8. The van der Waals surface area contributed by atoms with Crippen molar-refractivity contribution in [2.75, 3.05) is 26.4 Å². The largest absolute Gasteiger partial charge is 0.462 e. The molecule has 0 saturated carbocycles. The molecular weight excluding hydrogens is 901 g/mol. The van der Waals surface area contributed by atoms with Crippen LogP contribution in [0, 0.1) is 0 Å². The van der Waals surface area contributed by atoms with Gasteiger partial charge in [0.1, 0.15) is 55.4 Å². The van der Waals surface area contributed by atoms with Crippen LogP contribution >= 0.6 is 0 Å². The van der Waals surface area contributed by atoms with Crippen molar-refractivity contribution in [2.45, 2.75) is 287 Å². The minimum atomic E-state index is -1.76. The monoisotopic (exact) mass is 1000 g/mol. The van der Waals surface area contributed by atoms with E-state index in [4.69, 9.17) is 28.4 Å². The molecule has 15 heteroatoms. The molecular formula is C55H100O15. The van der Waals surface area contributed by atoms with E-state index >= 15 is 0 Å². The van der Waals surface area contributed by atoms with E-state index in [0.29, 0.717) is 12.8 Å². The van der Waals surface area contributed by atoms with E-state index in [1.54, 1.807) is 0 Å². The van der Waals surface area contributed by atoms with Crippen molar-refractivity contribution in [3.63, 3.8) is 0 Å². The molecule has 0 spiro atoms. The molecule has 0 aromatic carbocycles. The second-order valence-electron chi connectivity index (χ2n) is 19.8. The van der Waals surface area contributed by atoms with Gasteiger partial charge >= 0.3 is 11.9 Å². The first-order valence-corrected chi connectivity index (χ1v) is 27.9. The van der Waals surface area contributed by atoms with E-state index in [-0.39, 0.29) is 26.1 Å². The normalized spacial score (nSPS) is 25.5. The average Bonchev–Trinajstić information content (AvgIpc) is 3.35. The number of hydrogen-bond acceptors (Lipinski definition) is 15. The van der Waals surface area contributed by atoms with Crippen molar-refractivity contribution >= 4 is 11.9 Å². The van der Waals surface area contributed by atoms with Gasteiger partial charge < -0.3 is 64.2 Å². The zero-order valence-corrected chi connectivity index (χ0v) is 43.5. The summed E-state index contributed by atoms with van der Waals surface area (Å²) in [6, 6.07) is 0. The lowest BCUT2D eigenvalue weighted by Crippen LogP contribution is -2.61. The maximum absolute atomic E-state index is 13.0. The first-order chi connectivity index (χ1) is 34.0. The quantitative estimate of drug-likeness (QED) is 0.0172. The van der Waals surface area contributed by atoms with Crippen molar-refractivity contribution in [3.05, 3.63) is 24.3 Å². The Bertz CT molecular complexity index is 1310. The van der Waals surface area contributed by atoms with Crippen LogP contribution in [-0.4, -0.2) is 142 Å². The van der Waals surface area contributed by atoms with E-state index in [1.807, 2.05) is 0 Å². The first kappa shape index (κ1) is 64.1. The highest BCUT2D eigenvalue weighted by molar-refractivity contribution is 5.70. The van der Waals surface area contributed by atoms with Crippen molar-refractivity contribution in [1.29, 1.82) is 0 Å². The molecule has 2 aliphatic rings. The minimum Gasteiger partial charge on any atom is -0.462 e. The summed E-state index contributed by atoms with van der Waals surface area (Å²) in [7, 11) is 0. The van der Waals surface area contributed by atoms with Crippen LogP contribution in [0.3, 0.4) is 0 Å². The van der Waals surface area contributed by atoms with E-state index < -0.39 is 92.7 Å². The molecule has 2 rings (SSSR count). The number of allylic oxidation sites excluding steroid dienone is 4. The number of hydrogen-bond donors (Lipinski definition) is 7. The van der Waals surface area contributed by atoms with Gasteiger partial charge in [-0.3, -0.25) is 9.59 Å². The number of rotatable bonds is 44. The van der Waals surface area contributed by atoms with Gasteiger partial charge in [-0.15, -0.1) is 0 Å². The van der Waals surface area contributed by atoms with Crippen LogP contribution in [0.15, 0.2) is 24.3 Å². The molecule has 2 saturated heterocycles. The lowest BCUT2D eigenvalue weighted by Gasteiger charge is -2.42. The Hall–Kier alpha value is -2.02. The van der Waals surface area contributed by atoms with Gasteiger partial charge in [-0.25, -0.2) is 0 Å². The lowest BCUT2D eigenvalue weighted by atomic mass is 9.98. The zero-order valence-electron chi connectivity index (χ0n) is 43.5. The van der Waals surface area contributed by atoms with Crippen LogP contribution in [0.4, 0.5) is 0 Å². The Labute approximate surface area is 422 Å². The van der Waals surface area contributed by atoms with Gasteiger partial charge in [0.2, 0.25) is 0 Å². The highest BCUT2D eigenvalue weighted by atomic mass is 16.7. The van der Waals surface area contributed by atoms with Crippen LogP contribution in [0.25, 0.3) is 0 Å². The lowest BCUT2D eigenvalue weighted by molar-refractivity contribution is -0.332. The summed E-state index contributed by atoms with van der Waals surface area (Å²) >= 11 is 0. The van der Waals surface area contributed by atoms with Crippen LogP contribution in [0.1, 0.15) is 219 Å². The molecule has 0 aromatic heterocycles. The first-order valence-electron chi connectivity index (χ1n) is 27.9. The van der Waals surface area contributed by atoms with Crippen LogP contribution < -0.4 is 0 Å². The van der Waals surface area contributed by atoms with Crippen molar-refractivity contribution < 1.29 is 73.8 Å². The molecule has 11 atom stereocenters. The third-order valence-corrected chi connectivity index (χ3v) is 13.4. The van der Waals surface area contributed by atoms with Crippen molar-refractivity contribution in [3.8, 4) is 0 Å². The standard InChI is InChI=1S/C55H100O15/c1-3-5-7-9-11-13-15-17-19-21-23-25-27-29-31-33-35-37-46(57)65-40-43(68-47(58)38-36-34-32-30-28-26-24-22-20-18-16-14-12-10-8-6-4-2)41-66-54-53(64)51(62)49(60)45(70-54)42-67-55-52(63)50(61)48(59)44(39-56)69-55/h17-20,43-45,48-56,59-64H,3-16,21-42H2,1-2H3. The number of esters is 2. The minimum absolute atomic E-state index is 0.161. The van der Waals surface area contributed by atoms with E-state index in [1.165, 1.54) is 122 Å². The number of aliphatic hydroxyl groups excluding tert-OH is 7. The van der Waals surface area contributed by atoms with E-state index in [2.05, 4.69) is 38.2 Å².